The summed E-state index contributed by atoms with van der Waals surface area (Å²) >= 11 is 0. The number of amides is 2. The number of ether oxygens (including phenoxy) is 1. The molecule has 0 aliphatic carbocycles. The van der Waals surface area contributed by atoms with Crippen LogP contribution in [0.3, 0.4) is 0 Å². The number of fused-ring (bicyclic) bond motifs is 1. The van der Waals surface area contributed by atoms with Crippen LogP contribution in [0.4, 0.5) is 5.69 Å². The van der Waals surface area contributed by atoms with Crippen LogP contribution in [0.15, 0.2) is 29.3 Å². The van der Waals surface area contributed by atoms with Crippen molar-refractivity contribution in [1.29, 1.82) is 0 Å². The Morgan fingerprint density at radius 3 is 2.72 bits per heavy atom. The van der Waals surface area contributed by atoms with E-state index >= 15 is 0 Å². The van der Waals surface area contributed by atoms with E-state index in [1.54, 1.807) is 18.0 Å². The van der Waals surface area contributed by atoms with Gasteiger partial charge in [-0.25, -0.2) is 4.98 Å². The van der Waals surface area contributed by atoms with E-state index in [9.17, 15) is 14.4 Å². The van der Waals surface area contributed by atoms with Crippen molar-refractivity contribution < 1.29 is 14.3 Å². The highest BCUT2D eigenvalue weighted by molar-refractivity contribution is 5.91. The van der Waals surface area contributed by atoms with E-state index in [1.165, 1.54) is 0 Å². The van der Waals surface area contributed by atoms with Gasteiger partial charge in [-0.3, -0.25) is 19.0 Å². The van der Waals surface area contributed by atoms with E-state index in [-0.39, 0.29) is 23.4 Å². The molecule has 9 heteroatoms. The molecule has 1 aromatic heterocycles. The highest BCUT2D eigenvalue weighted by atomic mass is 16.5. The molecule has 1 aromatic carbocycles. The third-order valence-corrected chi connectivity index (χ3v) is 5.59. The number of hydrogen-bond donors (Lipinski definition) is 1. The van der Waals surface area contributed by atoms with Gasteiger partial charge in [-0.05, 0) is 24.6 Å². The number of anilines is 1. The van der Waals surface area contributed by atoms with Crippen molar-refractivity contribution in [2.75, 3.05) is 44.8 Å². The summed E-state index contributed by atoms with van der Waals surface area (Å²) in [6, 6.07) is 5.29. The first-order chi connectivity index (χ1) is 14.1. The zero-order chi connectivity index (χ0) is 20.4. The molecule has 2 fully saturated rings. The van der Waals surface area contributed by atoms with Gasteiger partial charge in [-0.2, -0.15) is 0 Å². The molecule has 2 aliphatic rings. The summed E-state index contributed by atoms with van der Waals surface area (Å²) in [4.78, 5) is 44.9. The first-order valence-electron chi connectivity index (χ1n) is 9.88. The summed E-state index contributed by atoms with van der Waals surface area (Å²) in [6.45, 7) is 3.53. The van der Waals surface area contributed by atoms with Crippen LogP contribution in [0, 0.1) is 0 Å². The van der Waals surface area contributed by atoms with Crippen molar-refractivity contribution >= 4 is 28.4 Å². The van der Waals surface area contributed by atoms with Gasteiger partial charge in [-0.1, -0.05) is 0 Å². The van der Waals surface area contributed by atoms with Crippen molar-refractivity contribution in [3.05, 3.63) is 34.9 Å². The Kier molecular flexibility index (Phi) is 5.48. The lowest BCUT2D eigenvalue weighted by molar-refractivity contribution is -0.134. The van der Waals surface area contributed by atoms with Crippen molar-refractivity contribution in [3.8, 4) is 0 Å². The average Bonchev–Trinajstić information content (AvgIpc) is 3.19. The van der Waals surface area contributed by atoms with Gasteiger partial charge in [0.1, 0.15) is 6.04 Å². The Balaban J connectivity index is 1.43. The third kappa shape index (κ3) is 3.95. The molecular weight excluding hydrogens is 374 g/mol. The number of hydrogen-bond acceptors (Lipinski definition) is 6. The van der Waals surface area contributed by atoms with Gasteiger partial charge in [0.15, 0.2) is 0 Å². The SMILES string of the molecule is COCCn1cnc2cc(N3CCN(C(=O)C4CCC(=O)N4)CC3)ccc2c1=O. The minimum atomic E-state index is -0.376. The van der Waals surface area contributed by atoms with Gasteiger partial charge in [-0.15, -0.1) is 0 Å². The first kappa shape index (κ1) is 19.4. The fourth-order valence-electron chi connectivity index (χ4n) is 3.90. The molecule has 0 spiro atoms. The zero-order valence-corrected chi connectivity index (χ0v) is 16.5. The first-order valence-corrected chi connectivity index (χ1v) is 9.88. The second-order valence-corrected chi connectivity index (χ2v) is 7.41. The number of aromatic nitrogens is 2. The van der Waals surface area contributed by atoms with Crippen LogP contribution in [0.5, 0.6) is 0 Å². The monoisotopic (exact) mass is 399 g/mol. The molecule has 0 saturated carbocycles. The highest BCUT2D eigenvalue weighted by Crippen LogP contribution is 2.21. The van der Waals surface area contributed by atoms with E-state index < -0.39 is 0 Å². The van der Waals surface area contributed by atoms with Crippen LogP contribution < -0.4 is 15.8 Å². The minimum absolute atomic E-state index is 0.00675. The molecule has 2 amide bonds. The van der Waals surface area contributed by atoms with Gasteiger partial charge in [0.2, 0.25) is 11.8 Å². The van der Waals surface area contributed by atoms with Gasteiger partial charge < -0.3 is 19.9 Å². The number of carbonyl (C=O) groups is 2. The lowest BCUT2D eigenvalue weighted by Crippen LogP contribution is -2.53. The maximum atomic E-state index is 12.6. The molecule has 1 atom stereocenters. The van der Waals surface area contributed by atoms with Crippen molar-refractivity contribution in [2.24, 2.45) is 0 Å². The van der Waals surface area contributed by atoms with Crippen LogP contribution in [0.2, 0.25) is 0 Å². The second kappa shape index (κ2) is 8.20. The van der Waals surface area contributed by atoms with Gasteiger partial charge in [0.05, 0.1) is 30.4 Å². The van der Waals surface area contributed by atoms with E-state index in [2.05, 4.69) is 15.2 Å². The molecular formula is C20H25N5O4. The summed E-state index contributed by atoms with van der Waals surface area (Å²) in [6.07, 6.45) is 2.56. The summed E-state index contributed by atoms with van der Waals surface area (Å²) < 4.78 is 6.59. The molecule has 0 radical (unpaired) electrons. The third-order valence-electron chi connectivity index (χ3n) is 5.59. The standard InChI is InChI=1S/C20H25N5O4/c1-29-11-10-25-13-21-17-12-14(2-3-15(17)19(25)27)23-6-8-24(9-7-23)20(28)16-4-5-18(26)22-16/h2-3,12-13,16H,4-11H2,1H3,(H,22,26). The molecule has 9 nitrogen and oxygen atoms in total. The van der Waals surface area contributed by atoms with Crippen LogP contribution in [-0.4, -0.2) is 72.2 Å². The molecule has 0 bridgehead atoms. The quantitative estimate of drug-likeness (QED) is 0.759. The van der Waals surface area contributed by atoms with Crippen molar-refractivity contribution in [3.63, 3.8) is 0 Å². The number of benzene rings is 1. The zero-order valence-electron chi connectivity index (χ0n) is 16.5. The summed E-state index contributed by atoms with van der Waals surface area (Å²) in [5.41, 5.74) is 1.57. The molecule has 2 saturated heterocycles. The van der Waals surface area contributed by atoms with Crippen LogP contribution in [-0.2, 0) is 20.9 Å². The van der Waals surface area contributed by atoms with Crippen LogP contribution >= 0.6 is 0 Å². The van der Waals surface area contributed by atoms with E-state index in [0.29, 0.717) is 63.1 Å². The molecule has 1 N–H and O–H groups in total. The van der Waals surface area contributed by atoms with Crippen LogP contribution in [0.1, 0.15) is 12.8 Å². The Bertz CT molecular complexity index is 980. The van der Waals surface area contributed by atoms with Gasteiger partial charge in [0.25, 0.3) is 5.56 Å². The Morgan fingerprint density at radius 1 is 1.24 bits per heavy atom. The van der Waals surface area contributed by atoms with Crippen molar-refractivity contribution in [1.82, 2.24) is 19.8 Å². The predicted molar refractivity (Wildman–Crippen MR) is 108 cm³/mol. The number of rotatable bonds is 5. The molecule has 1 unspecified atom stereocenters. The number of nitrogens with one attached hydrogen (secondary N) is 1. The maximum Gasteiger partial charge on any atom is 0.261 e. The summed E-state index contributed by atoms with van der Waals surface area (Å²) in [7, 11) is 1.60. The van der Waals surface area contributed by atoms with Gasteiger partial charge >= 0.3 is 0 Å². The number of piperazine rings is 1. The lowest BCUT2D eigenvalue weighted by atomic mass is 10.1. The van der Waals surface area contributed by atoms with Crippen molar-refractivity contribution in [2.45, 2.75) is 25.4 Å². The fourth-order valence-corrected chi connectivity index (χ4v) is 3.90. The van der Waals surface area contributed by atoms with E-state index in [1.807, 2.05) is 23.1 Å². The largest absolute Gasteiger partial charge is 0.383 e. The number of nitrogens with zero attached hydrogens (tertiary/aromatic N) is 4. The molecule has 3 heterocycles. The smallest absolute Gasteiger partial charge is 0.261 e. The van der Waals surface area contributed by atoms with E-state index in [4.69, 9.17) is 4.74 Å². The minimum Gasteiger partial charge on any atom is -0.383 e. The topological polar surface area (TPSA) is 96.8 Å². The molecule has 154 valence electrons. The summed E-state index contributed by atoms with van der Waals surface area (Å²) in [5.74, 6) is -0.0424. The normalized spacial score (nSPS) is 19.6. The fraction of sp³-hybridized carbons (Fsp3) is 0.500. The Hall–Kier alpha value is -2.94. The van der Waals surface area contributed by atoms with Gasteiger partial charge in [0, 0.05) is 45.4 Å². The lowest BCUT2D eigenvalue weighted by Gasteiger charge is -2.37. The van der Waals surface area contributed by atoms with E-state index in [0.717, 1.165) is 5.69 Å². The molecule has 29 heavy (non-hydrogen) atoms. The number of carbonyl (C=O) groups excluding carboxylic acids is 2. The molecule has 2 aromatic rings. The van der Waals surface area contributed by atoms with Crippen LogP contribution in [0.25, 0.3) is 10.9 Å². The predicted octanol–water partition coefficient (Wildman–Crippen LogP) is -0.0299. The maximum absolute atomic E-state index is 12.6. The highest BCUT2D eigenvalue weighted by Gasteiger charge is 2.32. The number of methoxy groups -OCH3 is 1. The average molecular weight is 399 g/mol. The summed E-state index contributed by atoms with van der Waals surface area (Å²) in [5, 5.41) is 3.33. The Morgan fingerprint density at radius 2 is 2.03 bits per heavy atom. The molecule has 2 aliphatic heterocycles. The molecule has 4 rings (SSSR count). The second-order valence-electron chi connectivity index (χ2n) is 7.41. The Labute approximate surface area is 168 Å².